The fraction of sp³-hybridized carbons (Fsp3) is 0.458. The third kappa shape index (κ3) is 7.79. The van der Waals surface area contributed by atoms with Gasteiger partial charge in [0.25, 0.3) is 0 Å². The number of rotatable bonds is 8. The fourth-order valence-corrected chi connectivity index (χ4v) is 5.27. The number of aliphatic imine (C=N–C) groups is 1. The van der Waals surface area contributed by atoms with E-state index < -0.39 is 10.8 Å². The number of nitrogens with zero attached hydrogens (tertiary/aromatic N) is 1. The van der Waals surface area contributed by atoms with E-state index in [0.29, 0.717) is 24.4 Å². The molecular formula is C24H34IN3O2S. The van der Waals surface area contributed by atoms with Crippen molar-refractivity contribution in [3.8, 4) is 16.9 Å². The molecule has 170 valence electrons. The molecule has 0 spiro atoms. The number of nitrogens with one attached hydrogen (secondary N) is 2. The van der Waals surface area contributed by atoms with E-state index in [2.05, 4.69) is 33.8 Å². The van der Waals surface area contributed by atoms with E-state index >= 15 is 0 Å². The second kappa shape index (κ2) is 13.7. The van der Waals surface area contributed by atoms with Crippen LogP contribution in [0.15, 0.2) is 59.6 Å². The largest absolute Gasteiger partial charge is 0.491 e. The van der Waals surface area contributed by atoms with Gasteiger partial charge in [-0.2, -0.15) is 0 Å². The molecule has 7 heteroatoms. The molecular weight excluding hydrogens is 521 g/mol. The zero-order chi connectivity index (χ0) is 21.2. The lowest BCUT2D eigenvalue weighted by Gasteiger charge is -2.30. The molecule has 0 saturated heterocycles. The number of hydrogen-bond acceptors (Lipinski definition) is 3. The van der Waals surface area contributed by atoms with Crippen LogP contribution >= 0.6 is 24.0 Å². The normalized spacial score (nSPS) is 19.7. The van der Waals surface area contributed by atoms with E-state index in [9.17, 15) is 4.21 Å². The summed E-state index contributed by atoms with van der Waals surface area (Å²) >= 11 is 0. The maximum absolute atomic E-state index is 12.2. The summed E-state index contributed by atoms with van der Waals surface area (Å²) in [6.07, 6.45) is 4.23. The summed E-state index contributed by atoms with van der Waals surface area (Å²) in [5.74, 6) is 2.40. The second-order valence-corrected chi connectivity index (χ2v) is 9.51. The monoisotopic (exact) mass is 555 g/mol. The van der Waals surface area contributed by atoms with Crippen molar-refractivity contribution in [3.63, 3.8) is 0 Å². The minimum absolute atomic E-state index is 0. The van der Waals surface area contributed by atoms with Crippen LogP contribution in [0.5, 0.6) is 5.75 Å². The van der Waals surface area contributed by atoms with Gasteiger partial charge in [-0.3, -0.25) is 9.20 Å². The zero-order valence-electron chi connectivity index (χ0n) is 18.4. The average molecular weight is 556 g/mol. The van der Waals surface area contributed by atoms with Crippen LogP contribution in [0.2, 0.25) is 0 Å². The van der Waals surface area contributed by atoms with Gasteiger partial charge in [0.1, 0.15) is 12.4 Å². The summed E-state index contributed by atoms with van der Waals surface area (Å²) in [4.78, 5) is 4.34. The van der Waals surface area contributed by atoms with Gasteiger partial charge in [0, 0.05) is 40.5 Å². The van der Waals surface area contributed by atoms with E-state index in [-0.39, 0.29) is 24.0 Å². The van der Waals surface area contributed by atoms with Gasteiger partial charge in [-0.25, -0.2) is 0 Å². The van der Waals surface area contributed by atoms with Crippen LogP contribution in [-0.4, -0.2) is 47.4 Å². The van der Waals surface area contributed by atoms with E-state index in [0.717, 1.165) is 54.3 Å². The maximum Gasteiger partial charge on any atom is 0.191 e. The predicted molar refractivity (Wildman–Crippen MR) is 142 cm³/mol. The molecule has 1 saturated carbocycles. The SMILES string of the molecule is CCS(=O)C1CCCC(NC(=NC)NCCOc2ccccc2-c2ccccc2)C1.I. The first-order chi connectivity index (χ1) is 14.7. The van der Waals surface area contributed by atoms with Gasteiger partial charge in [-0.05, 0) is 30.9 Å². The third-order valence-electron chi connectivity index (χ3n) is 5.47. The van der Waals surface area contributed by atoms with Crippen LogP contribution in [-0.2, 0) is 10.8 Å². The Bertz CT molecular complexity index is 848. The molecule has 0 bridgehead atoms. The molecule has 3 rings (SSSR count). The topological polar surface area (TPSA) is 62.7 Å². The number of benzene rings is 2. The molecule has 0 amide bonds. The summed E-state index contributed by atoms with van der Waals surface area (Å²) in [7, 11) is 1.07. The molecule has 1 fully saturated rings. The van der Waals surface area contributed by atoms with Crippen LogP contribution in [0, 0.1) is 0 Å². The summed E-state index contributed by atoms with van der Waals surface area (Å²) in [6, 6.07) is 18.7. The molecule has 0 radical (unpaired) electrons. The van der Waals surface area contributed by atoms with E-state index in [1.165, 1.54) is 0 Å². The summed E-state index contributed by atoms with van der Waals surface area (Å²) in [6.45, 7) is 3.20. The first-order valence-corrected chi connectivity index (χ1v) is 12.2. The van der Waals surface area contributed by atoms with Crippen molar-refractivity contribution in [2.24, 2.45) is 4.99 Å². The Labute approximate surface area is 205 Å². The standard InChI is InChI=1S/C24H33N3O2S.HI/c1-3-30(28)21-13-9-12-20(18-21)27-24(25-2)26-16-17-29-23-15-8-7-14-22(23)19-10-5-4-6-11-19;/h4-8,10-11,14-15,20-21H,3,9,12-13,16-18H2,1-2H3,(H2,25,26,27);1H. The molecule has 1 aliphatic carbocycles. The lowest BCUT2D eigenvalue weighted by molar-refractivity contribution is 0.322. The molecule has 2 N–H and O–H groups in total. The Hall–Kier alpha value is -1.61. The van der Waals surface area contributed by atoms with Gasteiger partial charge in [0.2, 0.25) is 0 Å². The van der Waals surface area contributed by atoms with Crippen molar-refractivity contribution in [2.75, 3.05) is 26.0 Å². The van der Waals surface area contributed by atoms with Gasteiger partial charge in [-0.15, -0.1) is 24.0 Å². The Morgan fingerprint density at radius 1 is 1.13 bits per heavy atom. The van der Waals surface area contributed by atoms with Crippen LogP contribution in [0.4, 0.5) is 0 Å². The Morgan fingerprint density at radius 3 is 2.61 bits per heavy atom. The molecule has 0 aliphatic heterocycles. The highest BCUT2D eigenvalue weighted by atomic mass is 127. The lowest BCUT2D eigenvalue weighted by atomic mass is 9.95. The first kappa shape index (κ1) is 25.6. The maximum atomic E-state index is 12.2. The van der Waals surface area contributed by atoms with Gasteiger partial charge < -0.3 is 15.4 Å². The Kier molecular flexibility index (Phi) is 11.4. The third-order valence-corrected chi connectivity index (χ3v) is 7.21. The van der Waals surface area contributed by atoms with Gasteiger partial charge in [0.05, 0.1) is 6.54 Å². The summed E-state index contributed by atoms with van der Waals surface area (Å²) in [5.41, 5.74) is 2.24. The van der Waals surface area contributed by atoms with Crippen molar-refractivity contribution in [1.82, 2.24) is 10.6 Å². The van der Waals surface area contributed by atoms with E-state index in [4.69, 9.17) is 4.74 Å². The van der Waals surface area contributed by atoms with Gasteiger partial charge in [0.15, 0.2) is 5.96 Å². The van der Waals surface area contributed by atoms with Gasteiger partial charge >= 0.3 is 0 Å². The molecule has 0 aromatic heterocycles. The summed E-state index contributed by atoms with van der Waals surface area (Å²) < 4.78 is 18.2. The van der Waals surface area contributed by atoms with Crippen molar-refractivity contribution < 1.29 is 8.95 Å². The molecule has 5 nitrogen and oxygen atoms in total. The highest BCUT2D eigenvalue weighted by Gasteiger charge is 2.25. The smallest absolute Gasteiger partial charge is 0.191 e. The highest BCUT2D eigenvalue weighted by Crippen LogP contribution is 2.29. The molecule has 0 heterocycles. The van der Waals surface area contributed by atoms with Crippen molar-refractivity contribution in [1.29, 1.82) is 0 Å². The molecule has 3 atom stereocenters. The number of halogens is 1. The second-order valence-electron chi connectivity index (χ2n) is 7.51. The molecule has 2 aromatic rings. The van der Waals surface area contributed by atoms with Gasteiger partial charge in [-0.1, -0.05) is 61.9 Å². The molecule has 1 aliphatic rings. The Balaban J connectivity index is 0.00000341. The molecule has 3 unspecified atom stereocenters. The number of guanidine groups is 1. The number of ether oxygens (including phenoxy) is 1. The average Bonchev–Trinajstić information content (AvgIpc) is 2.81. The fourth-order valence-electron chi connectivity index (χ4n) is 3.92. The van der Waals surface area contributed by atoms with Crippen molar-refractivity contribution >= 4 is 40.7 Å². The first-order valence-electron chi connectivity index (χ1n) is 10.8. The Morgan fingerprint density at radius 2 is 1.87 bits per heavy atom. The minimum atomic E-state index is -0.717. The van der Waals surface area contributed by atoms with Crippen LogP contribution < -0.4 is 15.4 Å². The number of hydrogen-bond donors (Lipinski definition) is 2. The molecule has 2 aromatic carbocycles. The lowest BCUT2D eigenvalue weighted by Crippen LogP contribution is -2.47. The van der Waals surface area contributed by atoms with Crippen molar-refractivity contribution in [3.05, 3.63) is 54.6 Å². The van der Waals surface area contributed by atoms with E-state index in [1.807, 2.05) is 43.3 Å². The van der Waals surface area contributed by atoms with Crippen LogP contribution in [0.3, 0.4) is 0 Å². The predicted octanol–water partition coefficient (Wildman–Crippen LogP) is 4.60. The van der Waals surface area contributed by atoms with Crippen molar-refractivity contribution in [2.45, 2.75) is 43.9 Å². The van der Waals surface area contributed by atoms with Crippen LogP contribution in [0.1, 0.15) is 32.6 Å². The highest BCUT2D eigenvalue weighted by molar-refractivity contribution is 14.0. The van der Waals surface area contributed by atoms with E-state index in [1.54, 1.807) is 7.05 Å². The minimum Gasteiger partial charge on any atom is -0.491 e. The summed E-state index contributed by atoms with van der Waals surface area (Å²) in [5, 5.41) is 7.14. The quantitative estimate of drug-likeness (QED) is 0.217. The molecule has 31 heavy (non-hydrogen) atoms. The zero-order valence-corrected chi connectivity index (χ0v) is 21.5. The number of para-hydroxylation sites is 1. The van der Waals surface area contributed by atoms with Crippen LogP contribution in [0.25, 0.3) is 11.1 Å².